The molecule has 0 unspecified atom stereocenters. The second kappa shape index (κ2) is 10.4. The van der Waals surface area contributed by atoms with Gasteiger partial charge in [0.05, 0.1) is 36.2 Å². The number of imidazole rings is 1. The molecule has 0 saturated carbocycles. The second-order valence-corrected chi connectivity index (χ2v) is 11.6. The minimum atomic E-state index is -3.05. The summed E-state index contributed by atoms with van der Waals surface area (Å²) in [5, 5.41) is 10.8. The largest absolute Gasteiger partial charge is 0.444 e. The van der Waals surface area contributed by atoms with Gasteiger partial charge in [-0.25, -0.2) is 9.78 Å². The van der Waals surface area contributed by atoms with Gasteiger partial charge in [-0.05, 0) is 65.6 Å². The van der Waals surface area contributed by atoms with Crippen molar-refractivity contribution in [3.8, 4) is 17.6 Å². The fourth-order valence-electron chi connectivity index (χ4n) is 5.39. The number of β-amino-alcohol motifs (C(OH)–C–C–N with tert-alkyl or cyclic N) is 1. The number of rotatable bonds is 5. The Balaban J connectivity index is 1.51. The lowest BCUT2D eigenvalue weighted by atomic mass is 9.95. The number of aromatic nitrogens is 2. The Bertz CT molecular complexity index is 1560. The van der Waals surface area contributed by atoms with Crippen molar-refractivity contribution in [2.45, 2.75) is 57.1 Å². The normalized spacial score (nSPS) is 19.5. The zero-order valence-corrected chi connectivity index (χ0v) is 23.5. The number of alkyl halides is 2. The highest BCUT2D eigenvalue weighted by atomic mass is 19.3. The number of carbonyl (C=O) groups is 2. The number of nitrogens with zero attached hydrogens (tertiary/aromatic N) is 4. The average Bonchev–Trinajstić information content (AvgIpc) is 3.41. The van der Waals surface area contributed by atoms with Crippen molar-refractivity contribution in [2.24, 2.45) is 0 Å². The van der Waals surface area contributed by atoms with Crippen molar-refractivity contribution in [1.29, 1.82) is 0 Å². The van der Waals surface area contributed by atoms with Crippen LogP contribution in [0.2, 0.25) is 0 Å². The Morgan fingerprint density at radius 1 is 1.24 bits per heavy atom. The Hall–Kier alpha value is -4.01. The van der Waals surface area contributed by atoms with Crippen LogP contribution in [-0.2, 0) is 4.74 Å². The van der Waals surface area contributed by atoms with Gasteiger partial charge in [-0.15, -0.1) is 0 Å². The lowest BCUT2D eigenvalue weighted by Gasteiger charge is -2.43. The maximum absolute atomic E-state index is 13.3. The summed E-state index contributed by atoms with van der Waals surface area (Å²) in [4.78, 5) is 32.5. The molecule has 1 N–H and O–H groups in total. The predicted octanol–water partition coefficient (Wildman–Crippen LogP) is 4.38. The van der Waals surface area contributed by atoms with Gasteiger partial charge in [0.2, 0.25) is 0 Å². The van der Waals surface area contributed by atoms with Gasteiger partial charge in [0.15, 0.2) is 11.9 Å². The minimum Gasteiger partial charge on any atom is -0.444 e. The van der Waals surface area contributed by atoms with E-state index in [2.05, 4.69) is 11.8 Å². The fourth-order valence-corrected chi connectivity index (χ4v) is 5.39. The summed E-state index contributed by atoms with van der Waals surface area (Å²) >= 11 is 0. The lowest BCUT2D eigenvalue weighted by Crippen LogP contribution is -2.63. The third-order valence-electron chi connectivity index (χ3n) is 7.17. The number of carbonyl (C=O) groups excluding carboxylic acids is 2. The maximum Gasteiger partial charge on any atom is 0.410 e. The molecule has 41 heavy (non-hydrogen) atoms. The second-order valence-electron chi connectivity index (χ2n) is 11.6. The van der Waals surface area contributed by atoms with Gasteiger partial charge in [-0.1, -0.05) is 24.0 Å². The van der Waals surface area contributed by atoms with Gasteiger partial charge >= 0.3 is 12.7 Å². The molecule has 3 heterocycles. The van der Waals surface area contributed by atoms with E-state index in [1.807, 2.05) is 35.7 Å². The average molecular weight is 567 g/mol. The van der Waals surface area contributed by atoms with E-state index in [4.69, 9.17) is 14.5 Å². The van der Waals surface area contributed by atoms with Crippen LogP contribution < -0.4 is 4.74 Å². The molecule has 1 amide bonds. The van der Waals surface area contributed by atoms with Crippen LogP contribution in [-0.4, -0.2) is 81.8 Å². The lowest BCUT2D eigenvalue weighted by molar-refractivity contribution is -0.0637. The van der Waals surface area contributed by atoms with E-state index >= 15 is 0 Å². The highest BCUT2D eigenvalue weighted by Gasteiger charge is 2.44. The molecule has 0 radical (unpaired) electrons. The molecule has 2 atom stereocenters. The maximum atomic E-state index is 13.3. The highest BCUT2D eigenvalue weighted by molar-refractivity contribution is 5.82. The molecular weight excluding hydrogens is 534 g/mol. The first-order valence-electron chi connectivity index (χ1n) is 13.2. The van der Waals surface area contributed by atoms with E-state index in [1.165, 1.54) is 17.0 Å². The van der Waals surface area contributed by atoms with Gasteiger partial charge in [0.25, 0.3) is 0 Å². The van der Waals surface area contributed by atoms with Gasteiger partial charge in [0.1, 0.15) is 17.2 Å². The molecule has 1 saturated heterocycles. The molecule has 3 aromatic rings. The zero-order valence-electron chi connectivity index (χ0n) is 23.5. The quantitative estimate of drug-likeness (QED) is 0.362. The summed E-state index contributed by atoms with van der Waals surface area (Å²) in [5.74, 6) is 6.55. The van der Waals surface area contributed by atoms with Crippen LogP contribution in [0.25, 0.3) is 11.0 Å². The first kappa shape index (κ1) is 28.5. The third kappa shape index (κ3) is 5.62. The molecule has 216 valence electrons. The van der Waals surface area contributed by atoms with Crippen LogP contribution in [0.1, 0.15) is 66.6 Å². The minimum absolute atomic E-state index is 0.0290. The van der Waals surface area contributed by atoms with E-state index in [-0.39, 0.29) is 30.4 Å². The Morgan fingerprint density at radius 2 is 1.98 bits per heavy atom. The van der Waals surface area contributed by atoms with E-state index in [0.717, 1.165) is 5.82 Å². The number of aliphatic hydroxyl groups is 1. The molecule has 2 aliphatic heterocycles. The van der Waals surface area contributed by atoms with E-state index in [9.17, 15) is 23.5 Å². The van der Waals surface area contributed by atoms with Gasteiger partial charge < -0.3 is 24.0 Å². The summed E-state index contributed by atoms with van der Waals surface area (Å²) < 4.78 is 38.8. The number of hydrogen-bond donors (Lipinski definition) is 1. The van der Waals surface area contributed by atoms with Crippen LogP contribution in [0, 0.1) is 11.8 Å². The van der Waals surface area contributed by atoms with Crippen molar-refractivity contribution in [3.05, 3.63) is 58.9 Å². The van der Waals surface area contributed by atoms with Crippen molar-refractivity contribution in [2.75, 3.05) is 27.2 Å². The van der Waals surface area contributed by atoms with Crippen molar-refractivity contribution in [3.63, 3.8) is 0 Å². The smallest absolute Gasteiger partial charge is 0.410 e. The van der Waals surface area contributed by atoms with Crippen LogP contribution >= 0.6 is 0 Å². The number of fused-ring (bicyclic) bond motifs is 3. The van der Waals surface area contributed by atoms with Crippen LogP contribution in [0.5, 0.6) is 5.75 Å². The van der Waals surface area contributed by atoms with Crippen molar-refractivity contribution >= 4 is 23.4 Å². The molecule has 2 aromatic carbocycles. The summed E-state index contributed by atoms with van der Waals surface area (Å²) in [7, 11) is 3.82. The highest BCUT2D eigenvalue weighted by Crippen LogP contribution is 2.46. The first-order valence-corrected chi connectivity index (χ1v) is 13.2. The Labute approximate surface area is 236 Å². The van der Waals surface area contributed by atoms with Crippen LogP contribution in [0.3, 0.4) is 0 Å². The molecule has 1 fully saturated rings. The summed E-state index contributed by atoms with van der Waals surface area (Å²) in [6.45, 7) is 2.33. The van der Waals surface area contributed by atoms with Crippen LogP contribution in [0.15, 0.2) is 36.4 Å². The number of aldehydes is 1. The molecule has 9 nitrogen and oxygen atoms in total. The topological polar surface area (TPSA) is 97.1 Å². The number of amides is 1. The number of likely N-dealkylation sites (tertiary alicyclic amines) is 1. The van der Waals surface area contributed by atoms with Gasteiger partial charge in [0, 0.05) is 16.7 Å². The monoisotopic (exact) mass is 566 g/mol. The van der Waals surface area contributed by atoms with Crippen LogP contribution in [0.4, 0.5) is 13.6 Å². The molecular formula is C30H32F2N4O5. The molecule has 5 rings (SSSR count). The standard InChI is InChI=1S/C30H32F2N4O5/c1-29(2,3)41-28(38)35-16-30(39,17-35)12-11-18-9-10-20-21(13-18)36-22(14-23(34(4)5)26(36)33-20)25-19(15-37)7-6-8-24(25)40-27(31)32/h6-10,13,15,22-23,27,39H,14,16-17H2,1-5H3/t22-,23-/m1/s1. The molecule has 11 heteroatoms. The predicted molar refractivity (Wildman–Crippen MR) is 147 cm³/mol. The van der Waals surface area contributed by atoms with E-state index < -0.39 is 29.9 Å². The molecule has 2 aliphatic rings. The molecule has 0 bridgehead atoms. The molecule has 0 aliphatic carbocycles. The Kier molecular flexibility index (Phi) is 7.26. The number of hydrogen-bond acceptors (Lipinski definition) is 7. The summed E-state index contributed by atoms with van der Waals surface area (Å²) in [5.41, 5.74) is 0.617. The fraction of sp³-hybridized carbons (Fsp3) is 0.433. The molecule has 0 spiro atoms. The molecule has 1 aromatic heterocycles. The van der Waals surface area contributed by atoms with E-state index in [1.54, 1.807) is 32.9 Å². The van der Waals surface area contributed by atoms with Crippen molar-refractivity contribution in [1.82, 2.24) is 19.4 Å². The zero-order chi connectivity index (χ0) is 29.7. The number of benzene rings is 2. The Morgan fingerprint density at radius 3 is 2.61 bits per heavy atom. The SMILES string of the molecule is CN(C)[C@@H]1C[C@H](c2c(C=O)cccc2OC(F)F)n2c1nc1ccc(C#CC3(O)CN(C(=O)OC(C)(C)C)C3)cc12. The first-order chi connectivity index (χ1) is 19.3. The van der Waals surface area contributed by atoms with Gasteiger partial charge in [-0.3, -0.25) is 9.69 Å². The van der Waals surface area contributed by atoms with Gasteiger partial charge in [-0.2, -0.15) is 8.78 Å². The summed E-state index contributed by atoms with van der Waals surface area (Å²) in [6, 6.07) is 9.32. The van der Waals surface area contributed by atoms with Crippen molar-refractivity contribution < 1.29 is 33.0 Å². The number of ether oxygens (including phenoxy) is 2. The summed E-state index contributed by atoms with van der Waals surface area (Å²) in [6.07, 6.45) is 0.630. The third-order valence-corrected chi connectivity index (χ3v) is 7.17. The number of halogens is 2. The van der Waals surface area contributed by atoms with E-state index in [0.29, 0.717) is 34.9 Å².